The van der Waals surface area contributed by atoms with Gasteiger partial charge in [0.2, 0.25) is 17.7 Å². The Morgan fingerprint density at radius 1 is 1.29 bits per heavy atom. The van der Waals surface area contributed by atoms with Crippen molar-refractivity contribution in [2.24, 2.45) is 0 Å². The molecule has 0 radical (unpaired) electrons. The number of benzene rings is 1. The van der Waals surface area contributed by atoms with E-state index in [-0.39, 0.29) is 36.7 Å². The number of nitrogens with one attached hydrogen (secondary N) is 1. The van der Waals surface area contributed by atoms with Crippen molar-refractivity contribution in [3.63, 3.8) is 0 Å². The van der Waals surface area contributed by atoms with Crippen molar-refractivity contribution in [1.82, 2.24) is 34.5 Å². The molecule has 0 bridgehead atoms. The van der Waals surface area contributed by atoms with Crippen LogP contribution in [0.2, 0.25) is 0 Å². The maximum atomic E-state index is 14.7. The summed E-state index contributed by atoms with van der Waals surface area (Å²) in [6.07, 6.45) is 1.81. The second kappa shape index (κ2) is 8.43. The summed E-state index contributed by atoms with van der Waals surface area (Å²) in [7, 11) is 1.48. The van der Waals surface area contributed by atoms with Crippen LogP contribution in [0, 0.1) is 0 Å². The molecule has 1 N–H and O–H groups in total. The number of carbonyl (C=O) groups is 1. The monoisotopic (exact) mass is 484 g/mol. The summed E-state index contributed by atoms with van der Waals surface area (Å²) in [5.41, 5.74) is 4.02. The van der Waals surface area contributed by atoms with Crippen molar-refractivity contribution in [3.8, 4) is 17.0 Å². The van der Waals surface area contributed by atoms with Crippen molar-refractivity contribution >= 4 is 28.4 Å². The highest BCUT2D eigenvalue weighted by Gasteiger charge is 2.45. The number of fused-ring (bicyclic) bond motifs is 2. The molecule has 0 saturated carbocycles. The van der Waals surface area contributed by atoms with E-state index in [2.05, 4.69) is 25.7 Å². The summed E-state index contributed by atoms with van der Waals surface area (Å²) in [4.78, 5) is 17.1. The van der Waals surface area contributed by atoms with Crippen molar-refractivity contribution in [1.29, 1.82) is 0 Å². The van der Waals surface area contributed by atoms with E-state index in [1.54, 1.807) is 10.7 Å². The Bertz CT molecular complexity index is 1410. The van der Waals surface area contributed by atoms with E-state index in [1.165, 1.54) is 14.0 Å². The van der Waals surface area contributed by atoms with E-state index in [0.29, 0.717) is 5.52 Å². The van der Waals surface area contributed by atoms with Gasteiger partial charge in [-0.05, 0) is 44.0 Å². The molecular weight excluding hydrogens is 458 g/mol. The molecule has 0 spiro atoms. The second-order valence-corrected chi connectivity index (χ2v) is 8.99. The van der Waals surface area contributed by atoms with Gasteiger partial charge in [-0.1, -0.05) is 11.3 Å². The van der Waals surface area contributed by atoms with Crippen LogP contribution < -0.4 is 10.1 Å². The van der Waals surface area contributed by atoms with Gasteiger partial charge in [0.05, 0.1) is 25.2 Å². The first-order valence-corrected chi connectivity index (χ1v) is 11.4. The topological polar surface area (TPSA) is 102 Å². The number of amides is 1. The van der Waals surface area contributed by atoms with Crippen LogP contribution in [0.4, 0.5) is 14.7 Å². The lowest BCUT2D eigenvalue weighted by Crippen LogP contribution is -2.55. The lowest BCUT2D eigenvalue weighted by molar-refractivity contribution is -0.140. The van der Waals surface area contributed by atoms with Gasteiger partial charge in [-0.25, -0.2) is 18.0 Å². The van der Waals surface area contributed by atoms with Gasteiger partial charge < -0.3 is 15.0 Å². The van der Waals surface area contributed by atoms with Gasteiger partial charge in [0.1, 0.15) is 11.0 Å². The predicted octanol–water partition coefficient (Wildman–Crippen LogP) is 3.40. The third kappa shape index (κ3) is 4.02. The summed E-state index contributed by atoms with van der Waals surface area (Å²) >= 11 is 0. The van der Waals surface area contributed by atoms with Crippen LogP contribution in [-0.2, 0) is 4.79 Å². The summed E-state index contributed by atoms with van der Waals surface area (Å²) in [6, 6.07) is 6.65. The van der Waals surface area contributed by atoms with Crippen LogP contribution in [0.5, 0.6) is 5.88 Å². The number of hydrogen-bond acceptors (Lipinski definition) is 7. The van der Waals surface area contributed by atoms with Gasteiger partial charge in [-0.3, -0.25) is 4.79 Å². The molecule has 35 heavy (non-hydrogen) atoms. The number of hydrogen-bond donors (Lipinski definition) is 1. The zero-order valence-electron chi connectivity index (χ0n) is 19.9. The largest absolute Gasteiger partial charge is 0.479 e. The molecule has 4 heterocycles. The Balaban J connectivity index is 1.50. The fourth-order valence-corrected chi connectivity index (χ4v) is 4.46. The maximum Gasteiger partial charge on any atom is 0.285 e. The molecule has 1 aliphatic rings. The summed E-state index contributed by atoms with van der Waals surface area (Å²) < 4.78 is 38.4. The minimum Gasteiger partial charge on any atom is -0.479 e. The number of nitrogens with zero attached hydrogens (tertiary/aromatic N) is 7. The van der Waals surface area contributed by atoms with Crippen molar-refractivity contribution in [3.05, 3.63) is 30.5 Å². The molecule has 3 aromatic heterocycles. The molecule has 184 valence electrons. The first-order chi connectivity index (χ1) is 16.7. The highest BCUT2D eigenvalue weighted by molar-refractivity contribution is 5.89. The van der Waals surface area contributed by atoms with Crippen LogP contribution in [-0.4, -0.2) is 72.6 Å². The SMILES string of the molecule is COc1nc(NC2CCN(C(C)=O)CC2(F)F)nn2ccc(-c3ccc4nnn(C(C)C)c4c3)c12. The molecule has 1 saturated heterocycles. The third-order valence-electron chi connectivity index (χ3n) is 6.29. The molecule has 1 aromatic carbocycles. The molecule has 1 fully saturated rings. The first kappa shape index (κ1) is 22.9. The average molecular weight is 485 g/mol. The Labute approximate surface area is 199 Å². The predicted molar refractivity (Wildman–Crippen MR) is 126 cm³/mol. The van der Waals surface area contributed by atoms with E-state index in [1.807, 2.05) is 42.8 Å². The molecule has 1 amide bonds. The standard InChI is InChI=1S/C23H26F2N8O2/c1-13(2)33-18-11-15(5-6-17(18)28-30-33)16-7-10-32-20(16)21(35-4)27-22(29-32)26-19-8-9-31(14(3)34)12-23(19,24)25/h5-7,10-11,13,19H,8-9,12H2,1-4H3,(H,26,29). The molecule has 4 aromatic rings. The lowest BCUT2D eigenvalue weighted by atomic mass is 10.0. The lowest BCUT2D eigenvalue weighted by Gasteiger charge is -2.38. The highest BCUT2D eigenvalue weighted by Crippen LogP contribution is 2.34. The summed E-state index contributed by atoms with van der Waals surface area (Å²) in [6.45, 7) is 4.96. The third-order valence-corrected chi connectivity index (χ3v) is 6.29. The minimum atomic E-state index is -3.12. The Kier molecular flexibility index (Phi) is 5.53. The summed E-state index contributed by atoms with van der Waals surface area (Å²) in [5, 5.41) is 15.6. The number of carbonyl (C=O) groups excluding carboxylic acids is 1. The molecule has 5 rings (SSSR count). The fraction of sp³-hybridized carbons (Fsp3) is 0.435. The molecule has 1 aliphatic heterocycles. The number of rotatable bonds is 5. The van der Waals surface area contributed by atoms with E-state index < -0.39 is 18.5 Å². The molecule has 1 atom stereocenters. The number of aromatic nitrogens is 6. The second-order valence-electron chi connectivity index (χ2n) is 8.99. The zero-order chi connectivity index (χ0) is 24.9. The number of ether oxygens (including phenoxy) is 1. The normalized spacial score (nSPS) is 17.9. The van der Waals surface area contributed by atoms with E-state index in [4.69, 9.17) is 4.74 Å². The van der Waals surface area contributed by atoms with Crippen molar-refractivity contribution in [2.75, 3.05) is 25.5 Å². The number of anilines is 1. The van der Waals surface area contributed by atoms with E-state index in [9.17, 15) is 13.6 Å². The molecule has 10 nitrogen and oxygen atoms in total. The summed E-state index contributed by atoms with van der Waals surface area (Å²) in [5.74, 6) is -3.22. The number of halogens is 2. The Hall–Kier alpha value is -3.83. The molecule has 12 heteroatoms. The van der Waals surface area contributed by atoms with Gasteiger partial charge in [-0.2, -0.15) is 4.98 Å². The zero-order valence-corrected chi connectivity index (χ0v) is 19.9. The highest BCUT2D eigenvalue weighted by atomic mass is 19.3. The number of likely N-dealkylation sites (tertiary alicyclic amines) is 1. The van der Waals surface area contributed by atoms with Crippen LogP contribution in [0.1, 0.15) is 33.2 Å². The van der Waals surface area contributed by atoms with E-state index in [0.717, 1.165) is 27.1 Å². The van der Waals surface area contributed by atoms with Gasteiger partial charge in [0.25, 0.3) is 5.92 Å². The molecule has 0 aliphatic carbocycles. The number of alkyl halides is 2. The van der Waals surface area contributed by atoms with Crippen LogP contribution >= 0.6 is 0 Å². The van der Waals surface area contributed by atoms with Gasteiger partial charge in [-0.15, -0.1) is 10.2 Å². The van der Waals surface area contributed by atoms with Crippen molar-refractivity contribution < 1.29 is 18.3 Å². The van der Waals surface area contributed by atoms with Crippen molar-refractivity contribution in [2.45, 2.75) is 45.2 Å². The van der Waals surface area contributed by atoms with Gasteiger partial charge in [0, 0.05) is 31.3 Å². The van der Waals surface area contributed by atoms with Crippen LogP contribution in [0.25, 0.3) is 27.7 Å². The number of piperidine rings is 1. The van der Waals surface area contributed by atoms with Crippen LogP contribution in [0.3, 0.4) is 0 Å². The van der Waals surface area contributed by atoms with Gasteiger partial charge in [0.15, 0.2) is 0 Å². The molecular formula is C23H26F2N8O2. The average Bonchev–Trinajstić information content (AvgIpc) is 3.43. The fourth-order valence-electron chi connectivity index (χ4n) is 4.46. The number of methoxy groups -OCH3 is 1. The van der Waals surface area contributed by atoms with E-state index >= 15 is 0 Å². The minimum absolute atomic E-state index is 0.0231. The quantitative estimate of drug-likeness (QED) is 0.463. The van der Waals surface area contributed by atoms with Crippen LogP contribution in [0.15, 0.2) is 30.5 Å². The van der Waals surface area contributed by atoms with Gasteiger partial charge >= 0.3 is 0 Å². The smallest absolute Gasteiger partial charge is 0.285 e. The Morgan fingerprint density at radius 3 is 2.77 bits per heavy atom. The Morgan fingerprint density at radius 2 is 2.09 bits per heavy atom. The first-order valence-electron chi connectivity index (χ1n) is 11.4. The maximum absolute atomic E-state index is 14.7. The molecule has 1 unspecified atom stereocenters.